The Hall–Kier alpha value is -2.95. The fraction of sp³-hybridized carbons (Fsp3) is 0.250. The average molecular weight is 335 g/mol. The lowest BCUT2D eigenvalue weighted by molar-refractivity contribution is -0.116. The van der Waals surface area contributed by atoms with Gasteiger partial charge in [0.2, 0.25) is 17.6 Å². The van der Waals surface area contributed by atoms with E-state index >= 15 is 0 Å². The van der Waals surface area contributed by atoms with Crippen molar-refractivity contribution in [3.63, 3.8) is 0 Å². The van der Waals surface area contributed by atoms with Gasteiger partial charge in [-0.2, -0.15) is 4.98 Å². The molecule has 0 spiro atoms. The SMILES string of the molecule is Cc1cc(C)cc(NC(=O)CCc2nc(-c3cccc(C)c3)no2)c1. The van der Waals surface area contributed by atoms with Crippen LogP contribution in [0.4, 0.5) is 5.69 Å². The molecule has 0 aliphatic carbocycles. The van der Waals surface area contributed by atoms with E-state index in [4.69, 9.17) is 4.52 Å². The van der Waals surface area contributed by atoms with Crippen LogP contribution in [-0.4, -0.2) is 16.0 Å². The van der Waals surface area contributed by atoms with Crippen LogP contribution in [0.2, 0.25) is 0 Å². The Kier molecular flexibility index (Phi) is 4.93. The summed E-state index contributed by atoms with van der Waals surface area (Å²) in [5.41, 5.74) is 5.10. The van der Waals surface area contributed by atoms with Gasteiger partial charge < -0.3 is 9.84 Å². The monoisotopic (exact) mass is 335 g/mol. The van der Waals surface area contributed by atoms with Gasteiger partial charge in [-0.1, -0.05) is 35.0 Å². The Morgan fingerprint density at radius 2 is 1.80 bits per heavy atom. The maximum Gasteiger partial charge on any atom is 0.227 e. The number of carbonyl (C=O) groups is 1. The van der Waals surface area contributed by atoms with E-state index < -0.39 is 0 Å². The molecule has 1 N–H and O–H groups in total. The largest absolute Gasteiger partial charge is 0.339 e. The summed E-state index contributed by atoms with van der Waals surface area (Å²) in [6.07, 6.45) is 0.706. The number of aryl methyl sites for hydroxylation is 4. The first-order valence-corrected chi connectivity index (χ1v) is 8.27. The zero-order valence-corrected chi connectivity index (χ0v) is 14.7. The molecular formula is C20H21N3O2. The second-order valence-corrected chi connectivity index (χ2v) is 6.31. The molecule has 128 valence electrons. The molecule has 1 aromatic heterocycles. The molecule has 0 saturated carbocycles. The number of carbonyl (C=O) groups excluding carboxylic acids is 1. The van der Waals surface area contributed by atoms with Gasteiger partial charge in [0.05, 0.1) is 0 Å². The van der Waals surface area contributed by atoms with Crippen LogP contribution in [0.5, 0.6) is 0 Å². The number of amides is 1. The molecule has 25 heavy (non-hydrogen) atoms. The first-order chi connectivity index (χ1) is 12.0. The number of hydrogen-bond acceptors (Lipinski definition) is 4. The number of nitrogens with zero attached hydrogens (tertiary/aromatic N) is 2. The maximum atomic E-state index is 12.1. The quantitative estimate of drug-likeness (QED) is 0.757. The van der Waals surface area contributed by atoms with E-state index in [1.807, 2.05) is 57.2 Å². The van der Waals surface area contributed by atoms with E-state index in [2.05, 4.69) is 21.5 Å². The summed E-state index contributed by atoms with van der Waals surface area (Å²) in [7, 11) is 0. The van der Waals surface area contributed by atoms with Crippen molar-refractivity contribution in [3.05, 3.63) is 65.0 Å². The van der Waals surface area contributed by atoms with E-state index in [0.717, 1.165) is 27.9 Å². The van der Waals surface area contributed by atoms with Gasteiger partial charge in [-0.25, -0.2) is 0 Å². The van der Waals surface area contributed by atoms with Crippen LogP contribution >= 0.6 is 0 Å². The second kappa shape index (κ2) is 7.30. The lowest BCUT2D eigenvalue weighted by Crippen LogP contribution is -2.12. The Bertz CT molecular complexity index is 879. The molecule has 0 aliphatic heterocycles. The molecule has 5 nitrogen and oxygen atoms in total. The zero-order valence-electron chi connectivity index (χ0n) is 14.7. The number of aromatic nitrogens is 2. The van der Waals surface area contributed by atoms with Crippen LogP contribution < -0.4 is 5.32 Å². The van der Waals surface area contributed by atoms with E-state index in [1.54, 1.807) is 0 Å². The summed E-state index contributed by atoms with van der Waals surface area (Å²) in [4.78, 5) is 16.5. The van der Waals surface area contributed by atoms with Crippen LogP contribution in [-0.2, 0) is 11.2 Å². The van der Waals surface area contributed by atoms with Gasteiger partial charge in [0.25, 0.3) is 0 Å². The Balaban J connectivity index is 1.59. The molecule has 0 radical (unpaired) electrons. The molecular weight excluding hydrogens is 314 g/mol. The molecule has 3 aromatic rings. The molecule has 0 bridgehead atoms. The molecule has 1 heterocycles. The highest BCUT2D eigenvalue weighted by Gasteiger charge is 2.11. The van der Waals surface area contributed by atoms with Crippen molar-refractivity contribution in [2.75, 3.05) is 5.32 Å². The Morgan fingerprint density at radius 1 is 1.04 bits per heavy atom. The van der Waals surface area contributed by atoms with Crippen LogP contribution in [0, 0.1) is 20.8 Å². The highest BCUT2D eigenvalue weighted by atomic mass is 16.5. The minimum Gasteiger partial charge on any atom is -0.339 e. The van der Waals surface area contributed by atoms with Gasteiger partial charge in [-0.05, 0) is 50.1 Å². The van der Waals surface area contributed by atoms with Gasteiger partial charge in [0.1, 0.15) is 0 Å². The Morgan fingerprint density at radius 3 is 2.52 bits per heavy atom. The average Bonchev–Trinajstić information content (AvgIpc) is 3.01. The normalized spacial score (nSPS) is 10.7. The Labute approximate surface area is 147 Å². The summed E-state index contributed by atoms with van der Waals surface area (Å²) in [5.74, 6) is 0.945. The molecule has 0 aliphatic rings. The molecule has 1 amide bonds. The van der Waals surface area contributed by atoms with Gasteiger partial charge in [-0.15, -0.1) is 0 Å². The van der Waals surface area contributed by atoms with Crippen molar-refractivity contribution in [1.82, 2.24) is 10.1 Å². The summed E-state index contributed by atoms with van der Waals surface area (Å²) in [6, 6.07) is 13.9. The van der Waals surface area contributed by atoms with E-state index in [0.29, 0.717) is 24.6 Å². The third-order valence-corrected chi connectivity index (χ3v) is 3.82. The van der Waals surface area contributed by atoms with Crippen molar-refractivity contribution >= 4 is 11.6 Å². The van der Waals surface area contributed by atoms with Gasteiger partial charge in [0.15, 0.2) is 0 Å². The summed E-state index contributed by atoms with van der Waals surface area (Å²) in [5, 5.41) is 6.91. The third-order valence-electron chi connectivity index (χ3n) is 3.82. The fourth-order valence-corrected chi connectivity index (χ4v) is 2.75. The predicted octanol–water partition coefficient (Wildman–Crippen LogP) is 4.23. The minimum atomic E-state index is -0.0692. The number of anilines is 1. The summed E-state index contributed by atoms with van der Waals surface area (Å²) in [6.45, 7) is 6.03. The highest BCUT2D eigenvalue weighted by Crippen LogP contribution is 2.18. The summed E-state index contributed by atoms with van der Waals surface area (Å²) < 4.78 is 5.26. The molecule has 3 rings (SSSR count). The van der Waals surface area contributed by atoms with E-state index in [1.165, 1.54) is 0 Å². The number of nitrogens with one attached hydrogen (secondary N) is 1. The zero-order chi connectivity index (χ0) is 17.8. The van der Waals surface area contributed by atoms with Gasteiger partial charge in [-0.3, -0.25) is 4.79 Å². The highest BCUT2D eigenvalue weighted by molar-refractivity contribution is 5.90. The molecule has 5 heteroatoms. The van der Waals surface area contributed by atoms with E-state index in [-0.39, 0.29) is 5.91 Å². The first kappa shape index (κ1) is 16.9. The lowest BCUT2D eigenvalue weighted by Gasteiger charge is -2.06. The van der Waals surface area contributed by atoms with Crippen molar-refractivity contribution < 1.29 is 9.32 Å². The molecule has 0 unspecified atom stereocenters. The van der Waals surface area contributed by atoms with E-state index in [9.17, 15) is 4.79 Å². The molecule has 0 atom stereocenters. The maximum absolute atomic E-state index is 12.1. The number of rotatable bonds is 5. The second-order valence-electron chi connectivity index (χ2n) is 6.31. The van der Waals surface area contributed by atoms with Crippen molar-refractivity contribution in [3.8, 4) is 11.4 Å². The van der Waals surface area contributed by atoms with Crippen molar-refractivity contribution in [2.24, 2.45) is 0 Å². The van der Waals surface area contributed by atoms with Crippen molar-refractivity contribution in [1.29, 1.82) is 0 Å². The van der Waals surface area contributed by atoms with Gasteiger partial charge >= 0.3 is 0 Å². The van der Waals surface area contributed by atoms with Crippen LogP contribution in [0.25, 0.3) is 11.4 Å². The molecule has 2 aromatic carbocycles. The molecule has 0 saturated heterocycles. The lowest BCUT2D eigenvalue weighted by atomic mass is 10.1. The smallest absolute Gasteiger partial charge is 0.227 e. The van der Waals surface area contributed by atoms with Crippen molar-refractivity contribution in [2.45, 2.75) is 33.6 Å². The fourth-order valence-electron chi connectivity index (χ4n) is 2.75. The third kappa shape index (κ3) is 4.53. The van der Waals surface area contributed by atoms with Gasteiger partial charge in [0, 0.05) is 24.1 Å². The predicted molar refractivity (Wildman–Crippen MR) is 97.3 cm³/mol. The number of benzene rings is 2. The minimum absolute atomic E-state index is 0.0692. The topological polar surface area (TPSA) is 68.0 Å². The van der Waals surface area contributed by atoms with Crippen LogP contribution in [0.15, 0.2) is 47.0 Å². The van der Waals surface area contributed by atoms with Crippen LogP contribution in [0.3, 0.4) is 0 Å². The number of hydrogen-bond donors (Lipinski definition) is 1. The van der Waals surface area contributed by atoms with Crippen LogP contribution in [0.1, 0.15) is 29.0 Å². The summed E-state index contributed by atoms with van der Waals surface area (Å²) >= 11 is 0. The standard InChI is InChI=1S/C20H21N3O2/c1-13-5-4-6-16(10-13)20-22-19(25-23-20)8-7-18(24)21-17-11-14(2)9-15(3)12-17/h4-6,9-12H,7-8H2,1-3H3,(H,21,24). The molecule has 0 fully saturated rings. The first-order valence-electron chi connectivity index (χ1n) is 8.27.